The molecule has 1 aliphatic carbocycles. The van der Waals surface area contributed by atoms with Crippen LogP contribution < -0.4 is 0 Å². The highest BCUT2D eigenvalue weighted by molar-refractivity contribution is 5.73. The molecule has 1 aromatic rings. The van der Waals surface area contributed by atoms with E-state index in [-0.39, 0.29) is 13.0 Å². The van der Waals surface area contributed by atoms with Crippen molar-refractivity contribution in [3.63, 3.8) is 0 Å². The van der Waals surface area contributed by atoms with Crippen LogP contribution in [0.25, 0.3) is 0 Å². The number of hydrogen-bond acceptors (Lipinski definition) is 7. The van der Waals surface area contributed by atoms with Gasteiger partial charge in [-0.1, -0.05) is 30.3 Å². The standard InChI is InChI=1S/C21H29FO7/c1-20(25-4)21(2,26-5)29-18-16(22)14(19(23)24-3)11-15(17(18)28-20)27-12-13-9-7-6-8-10-13/h6-10,14-18H,11-12H2,1-5H3/t14?,15-,16+,17-,18-,20+,21+/m1/s1. The molecule has 1 unspecified atom stereocenters. The first kappa shape index (κ1) is 22.1. The van der Waals surface area contributed by atoms with E-state index >= 15 is 4.39 Å². The quantitative estimate of drug-likeness (QED) is 0.665. The summed E-state index contributed by atoms with van der Waals surface area (Å²) in [4.78, 5) is 12.2. The van der Waals surface area contributed by atoms with Crippen molar-refractivity contribution in [1.29, 1.82) is 0 Å². The lowest BCUT2D eigenvalue weighted by Crippen LogP contribution is -2.71. The zero-order chi connectivity index (χ0) is 21.2. The Kier molecular flexibility index (Phi) is 6.60. The first-order valence-electron chi connectivity index (χ1n) is 9.62. The normalized spacial score (nSPS) is 39.6. The van der Waals surface area contributed by atoms with Gasteiger partial charge in [-0.2, -0.15) is 0 Å². The van der Waals surface area contributed by atoms with Crippen molar-refractivity contribution in [1.82, 2.24) is 0 Å². The molecule has 162 valence electrons. The van der Waals surface area contributed by atoms with Crippen LogP contribution in [-0.2, 0) is 39.8 Å². The molecule has 0 N–H and O–H groups in total. The van der Waals surface area contributed by atoms with Crippen LogP contribution in [0.2, 0.25) is 0 Å². The van der Waals surface area contributed by atoms with Gasteiger partial charge in [-0.15, -0.1) is 0 Å². The summed E-state index contributed by atoms with van der Waals surface area (Å²) in [5.41, 5.74) is 0.953. The number of hydrogen-bond donors (Lipinski definition) is 0. The van der Waals surface area contributed by atoms with E-state index in [9.17, 15) is 4.79 Å². The number of ether oxygens (including phenoxy) is 6. The minimum absolute atomic E-state index is 0.106. The summed E-state index contributed by atoms with van der Waals surface area (Å²) in [6.07, 6.45) is -4.01. The summed E-state index contributed by atoms with van der Waals surface area (Å²) in [6, 6.07) is 9.58. The molecule has 7 atom stereocenters. The Balaban J connectivity index is 1.88. The Bertz CT molecular complexity index is 702. The summed E-state index contributed by atoms with van der Waals surface area (Å²) in [6.45, 7) is 3.57. The van der Waals surface area contributed by atoms with Crippen molar-refractivity contribution in [3.8, 4) is 0 Å². The predicted octanol–water partition coefficient (Wildman–Crippen LogP) is 2.61. The van der Waals surface area contributed by atoms with Crippen LogP contribution in [0.15, 0.2) is 30.3 Å². The largest absolute Gasteiger partial charge is 0.469 e. The molecule has 1 heterocycles. The summed E-state index contributed by atoms with van der Waals surface area (Å²) in [5, 5.41) is 0. The molecule has 1 saturated carbocycles. The molecule has 0 spiro atoms. The SMILES string of the molecule is COC(=O)C1C[C@@H](OCc2ccccc2)[C@H]2O[C@](C)(OC)[C@@](C)(OC)O[C@@H]2[C@H]1F. The van der Waals surface area contributed by atoms with Gasteiger partial charge in [0.15, 0.2) is 0 Å². The van der Waals surface area contributed by atoms with E-state index in [0.717, 1.165) is 5.56 Å². The van der Waals surface area contributed by atoms with E-state index in [1.807, 2.05) is 30.3 Å². The number of alkyl halides is 1. The molecule has 3 rings (SSSR count). The number of rotatable bonds is 6. The van der Waals surface area contributed by atoms with Gasteiger partial charge in [-0.3, -0.25) is 4.79 Å². The van der Waals surface area contributed by atoms with Gasteiger partial charge in [0, 0.05) is 14.2 Å². The molecule has 7 nitrogen and oxygen atoms in total. The van der Waals surface area contributed by atoms with E-state index in [4.69, 9.17) is 28.4 Å². The van der Waals surface area contributed by atoms with E-state index in [2.05, 4.69) is 0 Å². The van der Waals surface area contributed by atoms with Gasteiger partial charge in [-0.25, -0.2) is 4.39 Å². The molecule has 8 heteroatoms. The Hall–Kier alpha value is -1.58. The summed E-state index contributed by atoms with van der Waals surface area (Å²) < 4.78 is 49.4. The molecule has 29 heavy (non-hydrogen) atoms. The second-order valence-corrected chi connectivity index (χ2v) is 7.61. The van der Waals surface area contributed by atoms with E-state index in [0.29, 0.717) is 0 Å². The molecule has 2 fully saturated rings. The van der Waals surface area contributed by atoms with Crippen molar-refractivity contribution < 1.29 is 37.6 Å². The Morgan fingerprint density at radius 1 is 1.07 bits per heavy atom. The minimum atomic E-state index is -1.64. The highest BCUT2D eigenvalue weighted by Crippen LogP contribution is 2.46. The first-order valence-corrected chi connectivity index (χ1v) is 9.62. The number of fused-ring (bicyclic) bond motifs is 1. The molecule has 0 bridgehead atoms. The number of carbonyl (C=O) groups is 1. The van der Waals surface area contributed by atoms with Crippen LogP contribution in [0.1, 0.15) is 25.8 Å². The lowest BCUT2D eigenvalue weighted by molar-refractivity contribution is -0.464. The van der Waals surface area contributed by atoms with Gasteiger partial charge in [0.2, 0.25) is 11.6 Å². The second-order valence-electron chi connectivity index (χ2n) is 7.61. The van der Waals surface area contributed by atoms with Gasteiger partial charge in [-0.05, 0) is 25.8 Å². The van der Waals surface area contributed by atoms with Crippen molar-refractivity contribution in [3.05, 3.63) is 35.9 Å². The maximum atomic E-state index is 15.3. The summed E-state index contributed by atoms with van der Waals surface area (Å²) in [5.74, 6) is -4.35. The fourth-order valence-electron chi connectivity index (χ4n) is 3.93. The van der Waals surface area contributed by atoms with Crippen molar-refractivity contribution in [2.45, 2.75) is 62.9 Å². The third kappa shape index (κ3) is 4.04. The lowest BCUT2D eigenvalue weighted by atomic mass is 9.80. The maximum Gasteiger partial charge on any atom is 0.311 e. The Morgan fingerprint density at radius 2 is 1.66 bits per heavy atom. The maximum absolute atomic E-state index is 15.3. The molecular formula is C21H29FO7. The average molecular weight is 412 g/mol. The van der Waals surface area contributed by atoms with Crippen LogP contribution in [0.5, 0.6) is 0 Å². The third-order valence-electron chi connectivity index (χ3n) is 6.01. The lowest BCUT2D eigenvalue weighted by Gasteiger charge is -2.56. The Morgan fingerprint density at radius 3 is 2.21 bits per heavy atom. The van der Waals surface area contributed by atoms with Crippen molar-refractivity contribution in [2.24, 2.45) is 5.92 Å². The fraction of sp³-hybridized carbons (Fsp3) is 0.667. The molecular weight excluding hydrogens is 383 g/mol. The molecule has 1 aromatic carbocycles. The molecule has 0 aromatic heterocycles. The van der Waals surface area contributed by atoms with Gasteiger partial charge in [0.05, 0.1) is 25.7 Å². The molecule has 0 amide bonds. The van der Waals surface area contributed by atoms with Crippen LogP contribution in [0.4, 0.5) is 4.39 Å². The zero-order valence-electron chi connectivity index (χ0n) is 17.4. The van der Waals surface area contributed by atoms with Crippen molar-refractivity contribution in [2.75, 3.05) is 21.3 Å². The first-order chi connectivity index (χ1) is 13.8. The minimum Gasteiger partial charge on any atom is -0.469 e. The molecule has 0 radical (unpaired) electrons. The van der Waals surface area contributed by atoms with Gasteiger partial charge in [0.1, 0.15) is 18.4 Å². The number of methoxy groups -OCH3 is 3. The molecule has 1 saturated heterocycles. The topological polar surface area (TPSA) is 72.5 Å². The van der Waals surface area contributed by atoms with Crippen LogP contribution in [-0.4, -0.2) is 63.4 Å². The fourth-order valence-corrected chi connectivity index (χ4v) is 3.93. The Labute approximate surface area is 170 Å². The highest BCUT2D eigenvalue weighted by atomic mass is 19.1. The van der Waals surface area contributed by atoms with Crippen LogP contribution >= 0.6 is 0 Å². The second kappa shape index (κ2) is 8.65. The number of halogens is 1. The van der Waals surface area contributed by atoms with Gasteiger partial charge < -0.3 is 28.4 Å². The smallest absolute Gasteiger partial charge is 0.311 e. The number of esters is 1. The molecule has 2 aliphatic rings. The van der Waals surface area contributed by atoms with Crippen LogP contribution in [0, 0.1) is 5.92 Å². The monoisotopic (exact) mass is 412 g/mol. The van der Waals surface area contributed by atoms with Gasteiger partial charge in [0.25, 0.3) is 0 Å². The van der Waals surface area contributed by atoms with Gasteiger partial charge >= 0.3 is 5.97 Å². The average Bonchev–Trinajstić information content (AvgIpc) is 2.75. The van der Waals surface area contributed by atoms with E-state index in [1.165, 1.54) is 21.3 Å². The summed E-state index contributed by atoms with van der Waals surface area (Å²) in [7, 11) is 4.13. The number of benzene rings is 1. The zero-order valence-corrected chi connectivity index (χ0v) is 17.4. The third-order valence-corrected chi connectivity index (χ3v) is 6.01. The summed E-state index contributed by atoms with van der Waals surface area (Å²) >= 11 is 0. The molecule has 1 aliphatic heterocycles. The predicted molar refractivity (Wildman–Crippen MR) is 101 cm³/mol. The van der Waals surface area contributed by atoms with Crippen molar-refractivity contribution >= 4 is 5.97 Å². The van der Waals surface area contributed by atoms with Crippen LogP contribution in [0.3, 0.4) is 0 Å². The highest BCUT2D eigenvalue weighted by Gasteiger charge is 2.63. The number of carbonyl (C=O) groups excluding carboxylic acids is 1. The van der Waals surface area contributed by atoms with E-state index < -0.39 is 47.9 Å². The van der Waals surface area contributed by atoms with E-state index in [1.54, 1.807) is 13.8 Å².